The molecule has 3 rings (SSSR count). The van der Waals surface area contributed by atoms with Crippen molar-refractivity contribution in [2.75, 3.05) is 11.1 Å². The Balaban J connectivity index is 1.51. The summed E-state index contributed by atoms with van der Waals surface area (Å²) in [5, 5.41) is 20.7. The van der Waals surface area contributed by atoms with E-state index in [1.54, 1.807) is 6.07 Å². The Morgan fingerprint density at radius 3 is 2.79 bits per heavy atom. The third-order valence-electron chi connectivity index (χ3n) is 3.68. The van der Waals surface area contributed by atoms with Crippen LogP contribution in [0.15, 0.2) is 53.7 Å². The van der Waals surface area contributed by atoms with Crippen LogP contribution in [-0.2, 0) is 11.4 Å². The summed E-state index contributed by atoms with van der Waals surface area (Å²) in [6, 6.07) is 13.6. The van der Waals surface area contributed by atoms with Crippen molar-refractivity contribution < 1.29 is 14.5 Å². The number of ether oxygens (including phenoxy) is 1. The Morgan fingerprint density at radius 2 is 2.00 bits per heavy atom. The minimum Gasteiger partial charge on any atom is -0.485 e. The lowest BCUT2D eigenvalue weighted by Gasteiger charge is -2.06. The monoisotopic (exact) mass is 399 g/mol. The summed E-state index contributed by atoms with van der Waals surface area (Å²) in [5.74, 6) is 0.922. The van der Waals surface area contributed by atoms with E-state index >= 15 is 0 Å². The molecule has 0 saturated heterocycles. The van der Waals surface area contributed by atoms with Gasteiger partial charge in [0.15, 0.2) is 5.82 Å². The summed E-state index contributed by atoms with van der Waals surface area (Å²) >= 11 is 1.12. The lowest BCUT2D eigenvalue weighted by atomic mass is 10.2. The van der Waals surface area contributed by atoms with Crippen molar-refractivity contribution in [3.63, 3.8) is 0 Å². The molecule has 0 aliphatic heterocycles. The van der Waals surface area contributed by atoms with Crippen LogP contribution in [0.2, 0.25) is 0 Å². The second-order valence-electron chi connectivity index (χ2n) is 5.73. The number of carbonyl (C=O) groups excluding carboxylic acids is 1. The molecule has 0 bridgehead atoms. The molecular formula is C18H17N5O4S. The van der Waals surface area contributed by atoms with Gasteiger partial charge in [-0.2, -0.15) is 0 Å². The number of para-hydroxylation sites is 3. The molecule has 0 aliphatic rings. The van der Waals surface area contributed by atoms with Crippen molar-refractivity contribution >= 4 is 29.0 Å². The van der Waals surface area contributed by atoms with E-state index in [2.05, 4.69) is 20.5 Å². The summed E-state index contributed by atoms with van der Waals surface area (Å²) in [7, 11) is 0. The lowest BCUT2D eigenvalue weighted by Crippen LogP contribution is -2.15. The third-order valence-corrected chi connectivity index (χ3v) is 4.52. The Bertz CT molecular complexity index is 991. The Kier molecular flexibility index (Phi) is 6.22. The van der Waals surface area contributed by atoms with Crippen LogP contribution >= 0.6 is 11.8 Å². The average molecular weight is 399 g/mol. The molecule has 0 unspecified atom stereocenters. The first-order valence-electron chi connectivity index (χ1n) is 8.28. The van der Waals surface area contributed by atoms with Gasteiger partial charge < -0.3 is 10.1 Å². The van der Waals surface area contributed by atoms with E-state index in [1.807, 2.05) is 31.2 Å². The first-order valence-corrected chi connectivity index (χ1v) is 9.27. The maximum atomic E-state index is 12.1. The molecule has 2 N–H and O–H groups in total. The number of hydrogen-bond donors (Lipinski definition) is 2. The van der Waals surface area contributed by atoms with Crippen LogP contribution in [0, 0.1) is 17.0 Å². The van der Waals surface area contributed by atoms with E-state index in [4.69, 9.17) is 4.74 Å². The van der Waals surface area contributed by atoms with Gasteiger partial charge in [-0.15, -0.1) is 5.10 Å². The molecule has 0 aliphatic carbocycles. The molecule has 28 heavy (non-hydrogen) atoms. The molecule has 1 aromatic heterocycles. The number of amides is 1. The van der Waals surface area contributed by atoms with Crippen LogP contribution < -0.4 is 10.1 Å². The fourth-order valence-corrected chi connectivity index (χ4v) is 2.94. The molecule has 144 valence electrons. The number of carbonyl (C=O) groups is 1. The SMILES string of the molecule is Cc1ccccc1OCc1nc(SCC(=O)Nc2ccccc2[N+](=O)[O-])n[nH]1. The smallest absolute Gasteiger partial charge is 0.292 e. The third kappa shape index (κ3) is 5.07. The van der Waals surface area contributed by atoms with Gasteiger partial charge in [0.1, 0.15) is 18.0 Å². The second kappa shape index (κ2) is 9.00. The molecule has 0 radical (unpaired) electrons. The fraction of sp³-hybridized carbons (Fsp3) is 0.167. The number of thioether (sulfide) groups is 1. The standard InChI is InChI=1S/C18H17N5O4S/c1-12-6-2-5-9-15(12)27-10-16-20-18(22-21-16)28-11-17(24)19-13-7-3-4-8-14(13)23(25)26/h2-9H,10-11H2,1H3,(H,19,24)(H,20,21,22). The zero-order valence-corrected chi connectivity index (χ0v) is 15.7. The molecule has 10 heteroatoms. The predicted molar refractivity (Wildman–Crippen MR) is 104 cm³/mol. The van der Waals surface area contributed by atoms with E-state index in [0.29, 0.717) is 11.0 Å². The molecule has 1 amide bonds. The topological polar surface area (TPSA) is 123 Å². The van der Waals surface area contributed by atoms with Crippen molar-refractivity contribution in [1.82, 2.24) is 15.2 Å². The van der Waals surface area contributed by atoms with Gasteiger partial charge in [-0.3, -0.25) is 20.0 Å². The molecular weight excluding hydrogens is 382 g/mol. The maximum absolute atomic E-state index is 12.1. The number of benzene rings is 2. The van der Waals surface area contributed by atoms with Gasteiger partial charge in [-0.1, -0.05) is 42.1 Å². The number of nitrogens with one attached hydrogen (secondary N) is 2. The number of aryl methyl sites for hydroxylation is 1. The van der Waals surface area contributed by atoms with Crippen molar-refractivity contribution in [2.45, 2.75) is 18.7 Å². The number of hydrogen-bond acceptors (Lipinski definition) is 7. The number of H-pyrrole nitrogens is 1. The number of nitro benzene ring substituents is 1. The molecule has 1 heterocycles. The van der Waals surface area contributed by atoms with Crippen LogP contribution in [-0.4, -0.2) is 31.8 Å². The van der Waals surface area contributed by atoms with Crippen molar-refractivity contribution in [1.29, 1.82) is 0 Å². The van der Waals surface area contributed by atoms with E-state index in [-0.39, 0.29) is 29.6 Å². The van der Waals surface area contributed by atoms with Crippen molar-refractivity contribution in [3.8, 4) is 5.75 Å². The molecule has 9 nitrogen and oxygen atoms in total. The van der Waals surface area contributed by atoms with Crippen LogP contribution in [0.1, 0.15) is 11.4 Å². The van der Waals surface area contributed by atoms with Crippen molar-refractivity contribution in [2.24, 2.45) is 0 Å². The normalized spacial score (nSPS) is 10.5. The first-order chi connectivity index (χ1) is 13.5. The summed E-state index contributed by atoms with van der Waals surface area (Å²) < 4.78 is 5.69. The number of aromatic nitrogens is 3. The number of rotatable bonds is 8. The summed E-state index contributed by atoms with van der Waals surface area (Å²) in [6.07, 6.45) is 0. The zero-order valence-electron chi connectivity index (χ0n) is 14.9. The van der Waals surface area contributed by atoms with E-state index in [9.17, 15) is 14.9 Å². The van der Waals surface area contributed by atoms with Crippen LogP contribution in [0.5, 0.6) is 5.75 Å². The lowest BCUT2D eigenvalue weighted by molar-refractivity contribution is -0.383. The Labute approximate surface area is 164 Å². The van der Waals surface area contributed by atoms with Gasteiger partial charge in [0, 0.05) is 6.07 Å². The average Bonchev–Trinajstić information content (AvgIpc) is 3.14. The highest BCUT2D eigenvalue weighted by molar-refractivity contribution is 7.99. The van der Waals surface area contributed by atoms with Gasteiger partial charge in [0.25, 0.3) is 5.69 Å². The van der Waals surface area contributed by atoms with E-state index < -0.39 is 4.92 Å². The van der Waals surface area contributed by atoms with Crippen molar-refractivity contribution in [3.05, 3.63) is 70.0 Å². The highest BCUT2D eigenvalue weighted by Crippen LogP contribution is 2.24. The summed E-state index contributed by atoms with van der Waals surface area (Å²) in [5.41, 5.74) is 1.01. The summed E-state index contributed by atoms with van der Waals surface area (Å²) in [6.45, 7) is 2.17. The zero-order chi connectivity index (χ0) is 19.9. The van der Waals surface area contributed by atoms with Gasteiger partial charge in [0.2, 0.25) is 11.1 Å². The number of nitrogens with zero attached hydrogens (tertiary/aromatic N) is 3. The van der Waals surface area contributed by atoms with Gasteiger partial charge in [-0.05, 0) is 24.6 Å². The second-order valence-corrected chi connectivity index (χ2v) is 6.67. The molecule has 3 aromatic rings. The van der Waals surface area contributed by atoms with Gasteiger partial charge in [-0.25, -0.2) is 4.98 Å². The Morgan fingerprint density at radius 1 is 1.25 bits per heavy atom. The molecule has 0 spiro atoms. The molecule has 0 saturated carbocycles. The largest absolute Gasteiger partial charge is 0.485 e. The molecule has 0 atom stereocenters. The highest BCUT2D eigenvalue weighted by Gasteiger charge is 2.15. The summed E-state index contributed by atoms with van der Waals surface area (Å²) in [4.78, 5) is 26.8. The maximum Gasteiger partial charge on any atom is 0.292 e. The fourth-order valence-electron chi connectivity index (χ4n) is 2.33. The van der Waals surface area contributed by atoms with E-state index in [0.717, 1.165) is 23.1 Å². The molecule has 2 aromatic carbocycles. The van der Waals surface area contributed by atoms with Gasteiger partial charge in [0.05, 0.1) is 10.7 Å². The van der Waals surface area contributed by atoms with Crippen LogP contribution in [0.3, 0.4) is 0 Å². The number of anilines is 1. The van der Waals surface area contributed by atoms with Gasteiger partial charge >= 0.3 is 0 Å². The predicted octanol–water partition coefficient (Wildman–Crippen LogP) is 3.33. The minimum absolute atomic E-state index is 0.0159. The van der Waals surface area contributed by atoms with Crippen LogP contribution in [0.4, 0.5) is 11.4 Å². The van der Waals surface area contributed by atoms with E-state index in [1.165, 1.54) is 18.2 Å². The highest BCUT2D eigenvalue weighted by atomic mass is 32.2. The minimum atomic E-state index is -0.543. The Hall–Kier alpha value is -3.40. The van der Waals surface area contributed by atoms with Crippen LogP contribution in [0.25, 0.3) is 0 Å². The number of nitro groups is 1. The molecule has 0 fully saturated rings. The number of aromatic amines is 1. The first kappa shape index (κ1) is 19.4. The quantitative estimate of drug-likeness (QED) is 0.338.